The molecular formula is C21H23N5O5S. The standard InChI is InChI=1S/C21H23N5O5S/c1-3-21(20(22)29)17(23-12-24-21)19(28)26-14-10-8-13(9-11-14)25-18(27)15-6-4-5-7-16(15)32(2,30)31/h4-12,17H,3H2,1-2H3,(H2,22,29)(H,23,24)(H,25,27)(H,26,28). The van der Waals surface area contributed by atoms with E-state index in [0.29, 0.717) is 11.4 Å². The van der Waals surface area contributed by atoms with Gasteiger partial charge in [-0.25, -0.2) is 8.42 Å². The zero-order chi connectivity index (χ0) is 23.5. The smallest absolute Gasteiger partial charge is 0.256 e. The van der Waals surface area contributed by atoms with Gasteiger partial charge in [-0.2, -0.15) is 0 Å². The fourth-order valence-corrected chi connectivity index (χ4v) is 4.31. The van der Waals surface area contributed by atoms with Crippen LogP contribution in [0.2, 0.25) is 0 Å². The molecule has 2 aromatic rings. The number of hydrogen-bond donors (Lipinski definition) is 4. The van der Waals surface area contributed by atoms with E-state index in [2.05, 4.69) is 20.9 Å². The van der Waals surface area contributed by atoms with Gasteiger partial charge in [0.25, 0.3) is 11.8 Å². The zero-order valence-corrected chi connectivity index (χ0v) is 18.3. The van der Waals surface area contributed by atoms with Crippen molar-refractivity contribution >= 4 is 45.3 Å². The molecule has 0 fully saturated rings. The lowest BCUT2D eigenvalue weighted by Crippen LogP contribution is -2.61. The van der Waals surface area contributed by atoms with Crippen LogP contribution in [0.5, 0.6) is 0 Å². The van der Waals surface area contributed by atoms with Crippen LogP contribution in [-0.4, -0.2) is 50.3 Å². The maximum absolute atomic E-state index is 12.7. The molecule has 2 unspecified atom stereocenters. The number of anilines is 2. The first-order chi connectivity index (χ1) is 15.1. The van der Waals surface area contributed by atoms with Gasteiger partial charge in [0, 0.05) is 17.6 Å². The third-order valence-corrected chi connectivity index (χ3v) is 6.35. The highest BCUT2D eigenvalue weighted by Gasteiger charge is 2.49. The molecule has 1 heterocycles. The molecular weight excluding hydrogens is 434 g/mol. The topological polar surface area (TPSA) is 160 Å². The molecule has 1 aliphatic heterocycles. The van der Waals surface area contributed by atoms with Gasteiger partial charge in [-0.1, -0.05) is 19.1 Å². The molecule has 0 saturated carbocycles. The number of rotatable bonds is 7. The summed E-state index contributed by atoms with van der Waals surface area (Å²) in [4.78, 5) is 41.1. The maximum Gasteiger partial charge on any atom is 0.256 e. The van der Waals surface area contributed by atoms with E-state index in [9.17, 15) is 22.8 Å². The Kier molecular flexibility index (Phi) is 6.30. The van der Waals surface area contributed by atoms with Crippen molar-refractivity contribution in [1.82, 2.24) is 5.32 Å². The monoisotopic (exact) mass is 457 g/mol. The molecule has 2 aromatic carbocycles. The van der Waals surface area contributed by atoms with Gasteiger partial charge in [0.2, 0.25) is 5.91 Å². The number of nitrogens with one attached hydrogen (secondary N) is 3. The summed E-state index contributed by atoms with van der Waals surface area (Å²) in [5, 5.41) is 8.09. The van der Waals surface area contributed by atoms with Crippen molar-refractivity contribution in [2.75, 3.05) is 16.9 Å². The van der Waals surface area contributed by atoms with E-state index in [1.807, 2.05) is 0 Å². The van der Waals surface area contributed by atoms with Crippen LogP contribution in [0.4, 0.5) is 11.4 Å². The number of amides is 3. The largest absolute Gasteiger partial charge is 0.368 e. The van der Waals surface area contributed by atoms with Crippen LogP contribution in [0, 0.1) is 0 Å². The number of hydrogen-bond acceptors (Lipinski definition) is 7. The molecule has 0 saturated heterocycles. The number of benzene rings is 2. The van der Waals surface area contributed by atoms with Gasteiger partial charge >= 0.3 is 0 Å². The summed E-state index contributed by atoms with van der Waals surface area (Å²) in [5.41, 5.74) is 5.04. The van der Waals surface area contributed by atoms with Crippen molar-refractivity contribution in [2.45, 2.75) is 29.8 Å². The van der Waals surface area contributed by atoms with E-state index in [1.165, 1.54) is 18.5 Å². The molecule has 0 aromatic heterocycles. The highest BCUT2D eigenvalue weighted by molar-refractivity contribution is 7.90. The minimum Gasteiger partial charge on any atom is -0.368 e. The summed E-state index contributed by atoms with van der Waals surface area (Å²) >= 11 is 0. The summed E-state index contributed by atoms with van der Waals surface area (Å²) < 4.78 is 23.8. The predicted molar refractivity (Wildman–Crippen MR) is 120 cm³/mol. The Bertz CT molecular complexity index is 1190. The Labute approximate surface area is 185 Å². The number of carbonyl (C=O) groups excluding carboxylic acids is 3. The molecule has 1 aliphatic rings. The molecule has 0 radical (unpaired) electrons. The second kappa shape index (κ2) is 8.79. The first-order valence-electron chi connectivity index (χ1n) is 9.69. The van der Waals surface area contributed by atoms with Gasteiger partial charge in [0.1, 0.15) is 5.54 Å². The minimum absolute atomic E-state index is 0.0290. The lowest BCUT2D eigenvalue weighted by Gasteiger charge is -2.29. The molecule has 3 rings (SSSR count). The van der Waals surface area contributed by atoms with Crippen molar-refractivity contribution in [3.8, 4) is 0 Å². The quantitative estimate of drug-likeness (QED) is 0.483. The molecule has 168 valence electrons. The molecule has 10 nitrogen and oxygen atoms in total. The average molecular weight is 458 g/mol. The first kappa shape index (κ1) is 22.9. The molecule has 32 heavy (non-hydrogen) atoms. The fraction of sp³-hybridized carbons (Fsp3) is 0.238. The van der Waals surface area contributed by atoms with Gasteiger partial charge in [0.15, 0.2) is 15.9 Å². The summed E-state index contributed by atoms with van der Waals surface area (Å²) in [6, 6.07) is 11.1. The van der Waals surface area contributed by atoms with E-state index >= 15 is 0 Å². The normalized spacial score (nSPS) is 19.8. The third kappa shape index (κ3) is 4.47. The highest BCUT2D eigenvalue weighted by atomic mass is 32.2. The number of sulfone groups is 1. The van der Waals surface area contributed by atoms with E-state index in [4.69, 9.17) is 5.73 Å². The Morgan fingerprint density at radius 1 is 1.06 bits per heavy atom. The Morgan fingerprint density at radius 3 is 2.22 bits per heavy atom. The number of carbonyl (C=O) groups is 3. The van der Waals surface area contributed by atoms with Crippen LogP contribution in [-0.2, 0) is 19.4 Å². The molecule has 0 bridgehead atoms. The van der Waals surface area contributed by atoms with Crippen LogP contribution >= 0.6 is 0 Å². The number of nitrogens with zero attached hydrogens (tertiary/aromatic N) is 1. The number of nitrogens with two attached hydrogens (primary N) is 1. The molecule has 0 spiro atoms. The number of aliphatic imine (C=N–C) groups is 1. The number of primary amides is 1. The van der Waals surface area contributed by atoms with Crippen LogP contribution < -0.4 is 21.7 Å². The van der Waals surface area contributed by atoms with Gasteiger partial charge in [-0.05, 0) is 42.8 Å². The Morgan fingerprint density at radius 2 is 1.66 bits per heavy atom. The second-order valence-electron chi connectivity index (χ2n) is 7.30. The fourth-order valence-electron chi connectivity index (χ4n) is 3.42. The van der Waals surface area contributed by atoms with Gasteiger partial charge in [0.05, 0.1) is 16.8 Å². The summed E-state index contributed by atoms with van der Waals surface area (Å²) in [5.74, 6) is -1.76. The zero-order valence-electron chi connectivity index (χ0n) is 17.5. The maximum atomic E-state index is 12.7. The van der Waals surface area contributed by atoms with Crippen molar-refractivity contribution in [1.29, 1.82) is 0 Å². The summed E-state index contributed by atoms with van der Waals surface area (Å²) in [7, 11) is -3.57. The van der Waals surface area contributed by atoms with Crippen molar-refractivity contribution in [2.24, 2.45) is 10.7 Å². The second-order valence-corrected chi connectivity index (χ2v) is 9.29. The van der Waals surface area contributed by atoms with E-state index in [0.717, 1.165) is 6.26 Å². The van der Waals surface area contributed by atoms with Crippen molar-refractivity contribution in [3.63, 3.8) is 0 Å². The van der Waals surface area contributed by atoms with Gasteiger partial charge in [-0.3, -0.25) is 19.4 Å². The van der Waals surface area contributed by atoms with E-state index < -0.39 is 39.1 Å². The van der Waals surface area contributed by atoms with Crippen molar-refractivity contribution in [3.05, 3.63) is 54.1 Å². The van der Waals surface area contributed by atoms with E-state index in [-0.39, 0.29) is 16.9 Å². The van der Waals surface area contributed by atoms with Gasteiger partial charge in [-0.15, -0.1) is 0 Å². The lowest BCUT2D eigenvalue weighted by atomic mass is 9.87. The van der Waals surface area contributed by atoms with Crippen molar-refractivity contribution < 1.29 is 22.8 Å². The lowest BCUT2D eigenvalue weighted by molar-refractivity contribution is -0.129. The summed E-state index contributed by atoms with van der Waals surface area (Å²) in [6.07, 6.45) is 2.61. The summed E-state index contributed by atoms with van der Waals surface area (Å²) in [6.45, 7) is 1.73. The SMILES string of the molecule is CCC1(C(N)=O)NC=NC1C(=O)Nc1ccc(NC(=O)c2ccccc2S(C)(=O)=O)cc1. The van der Waals surface area contributed by atoms with Crippen LogP contribution in [0.25, 0.3) is 0 Å². The Balaban J connectivity index is 1.71. The third-order valence-electron chi connectivity index (χ3n) is 5.20. The Hall–Kier alpha value is -3.73. The molecule has 3 amide bonds. The molecule has 11 heteroatoms. The molecule has 2 atom stereocenters. The minimum atomic E-state index is -3.57. The first-order valence-corrected chi connectivity index (χ1v) is 11.6. The van der Waals surface area contributed by atoms with Crippen LogP contribution in [0.3, 0.4) is 0 Å². The van der Waals surface area contributed by atoms with Crippen LogP contribution in [0.15, 0.2) is 58.4 Å². The highest BCUT2D eigenvalue weighted by Crippen LogP contribution is 2.24. The van der Waals surface area contributed by atoms with Gasteiger partial charge < -0.3 is 21.7 Å². The average Bonchev–Trinajstić information content (AvgIpc) is 3.20. The van der Waals surface area contributed by atoms with Crippen LogP contribution in [0.1, 0.15) is 23.7 Å². The molecule has 5 N–H and O–H groups in total. The molecule has 0 aliphatic carbocycles. The van der Waals surface area contributed by atoms with E-state index in [1.54, 1.807) is 43.3 Å². The predicted octanol–water partition coefficient (Wildman–Crippen LogP) is 0.915.